The molecule has 2 aliphatic carbocycles. The van der Waals surface area contributed by atoms with Gasteiger partial charge in [-0.15, -0.1) is 0 Å². The van der Waals surface area contributed by atoms with E-state index in [1.54, 1.807) is 0 Å². The first-order valence-electron chi connectivity index (χ1n) is 10.9. The highest BCUT2D eigenvalue weighted by Gasteiger charge is 2.30. The van der Waals surface area contributed by atoms with Gasteiger partial charge in [-0.1, -0.05) is 45.1 Å². The van der Waals surface area contributed by atoms with E-state index in [2.05, 4.69) is 11.7 Å². The van der Waals surface area contributed by atoms with Crippen LogP contribution in [0.5, 0.6) is 5.75 Å². The van der Waals surface area contributed by atoms with Crippen molar-refractivity contribution in [2.75, 3.05) is 0 Å². The van der Waals surface area contributed by atoms with E-state index in [-0.39, 0.29) is 5.56 Å². The smallest absolute Gasteiger partial charge is 0.387 e. The van der Waals surface area contributed by atoms with Crippen LogP contribution in [0, 0.1) is 35.3 Å². The quantitative estimate of drug-likeness (QED) is 0.430. The zero-order valence-electron chi connectivity index (χ0n) is 16.7. The lowest BCUT2D eigenvalue weighted by Gasteiger charge is -2.37. The predicted molar refractivity (Wildman–Crippen MR) is 102 cm³/mol. The largest absolute Gasteiger partial charge is 0.432 e. The molecule has 0 saturated heterocycles. The fourth-order valence-corrected chi connectivity index (χ4v) is 5.33. The van der Waals surface area contributed by atoms with Gasteiger partial charge in [-0.3, -0.25) is 0 Å². The summed E-state index contributed by atoms with van der Waals surface area (Å²) in [5, 5.41) is 0. The maximum atomic E-state index is 14.1. The van der Waals surface area contributed by atoms with E-state index < -0.39 is 24.0 Å². The van der Waals surface area contributed by atoms with Crippen LogP contribution in [-0.2, 0) is 6.42 Å². The van der Waals surface area contributed by atoms with Crippen molar-refractivity contribution in [1.82, 2.24) is 0 Å². The molecule has 0 unspecified atom stereocenters. The summed E-state index contributed by atoms with van der Waals surface area (Å²) in [6.45, 7) is -0.864. The van der Waals surface area contributed by atoms with E-state index in [0.29, 0.717) is 12.3 Å². The minimum absolute atomic E-state index is 0.249. The van der Waals surface area contributed by atoms with E-state index in [4.69, 9.17) is 0 Å². The number of rotatable bonds is 7. The summed E-state index contributed by atoms with van der Waals surface area (Å²) in [5.74, 6) is 0.105. The van der Waals surface area contributed by atoms with Crippen molar-refractivity contribution in [2.24, 2.45) is 23.7 Å². The van der Waals surface area contributed by atoms with Crippen LogP contribution >= 0.6 is 0 Å². The molecule has 0 amide bonds. The summed E-state index contributed by atoms with van der Waals surface area (Å²) in [6.07, 6.45) is 12.9. The van der Waals surface area contributed by atoms with Crippen molar-refractivity contribution in [2.45, 2.75) is 84.2 Å². The van der Waals surface area contributed by atoms with Crippen LogP contribution in [-0.4, -0.2) is 6.61 Å². The molecule has 0 atom stereocenters. The minimum Gasteiger partial charge on any atom is -0.432 e. The second kappa shape index (κ2) is 9.98. The summed E-state index contributed by atoms with van der Waals surface area (Å²) in [7, 11) is 0. The van der Waals surface area contributed by atoms with Crippen molar-refractivity contribution in [3.05, 3.63) is 29.3 Å². The first-order valence-corrected chi connectivity index (χ1v) is 10.9. The zero-order valence-corrected chi connectivity index (χ0v) is 16.7. The van der Waals surface area contributed by atoms with Crippen LogP contribution in [0.15, 0.2) is 12.1 Å². The van der Waals surface area contributed by atoms with E-state index in [1.807, 2.05) is 0 Å². The number of benzene rings is 1. The normalized spacial score (nSPS) is 28.5. The van der Waals surface area contributed by atoms with Crippen molar-refractivity contribution in [3.8, 4) is 5.75 Å². The molecule has 0 radical (unpaired) electrons. The van der Waals surface area contributed by atoms with Gasteiger partial charge >= 0.3 is 6.61 Å². The molecule has 1 aromatic rings. The average molecular weight is 401 g/mol. The summed E-state index contributed by atoms with van der Waals surface area (Å²) in [6, 6.07) is 2.47. The Morgan fingerprint density at radius 3 is 1.96 bits per heavy atom. The molecule has 0 heterocycles. The van der Waals surface area contributed by atoms with E-state index in [9.17, 15) is 17.6 Å². The molecule has 1 aromatic carbocycles. The molecule has 5 heteroatoms. The highest BCUT2D eigenvalue weighted by atomic mass is 19.3. The van der Waals surface area contributed by atoms with Crippen LogP contribution in [0.3, 0.4) is 0 Å². The molecule has 2 saturated carbocycles. The van der Waals surface area contributed by atoms with Crippen LogP contribution in [0.1, 0.15) is 76.7 Å². The van der Waals surface area contributed by atoms with Crippen molar-refractivity contribution in [3.63, 3.8) is 0 Å². The van der Waals surface area contributed by atoms with E-state index in [1.165, 1.54) is 51.0 Å². The lowest BCUT2D eigenvalue weighted by Crippen LogP contribution is -2.25. The lowest BCUT2D eigenvalue weighted by molar-refractivity contribution is -0.0525. The van der Waals surface area contributed by atoms with Gasteiger partial charge in [0.2, 0.25) is 5.82 Å². The number of hydrogen-bond donors (Lipinski definition) is 0. The van der Waals surface area contributed by atoms with Crippen LogP contribution in [0.2, 0.25) is 0 Å². The predicted octanol–water partition coefficient (Wildman–Crippen LogP) is 7.52. The molecule has 2 fully saturated rings. The van der Waals surface area contributed by atoms with Crippen LogP contribution in [0.4, 0.5) is 17.6 Å². The second-order valence-corrected chi connectivity index (χ2v) is 8.74. The van der Waals surface area contributed by atoms with Gasteiger partial charge in [0, 0.05) is 0 Å². The molecule has 1 nitrogen and oxygen atoms in total. The highest BCUT2D eigenvalue weighted by Crippen LogP contribution is 2.42. The Bertz CT molecular complexity index is 617. The molecular formula is C23H32F4O. The van der Waals surface area contributed by atoms with Gasteiger partial charge in [-0.25, -0.2) is 4.39 Å². The Balaban J connectivity index is 1.45. The van der Waals surface area contributed by atoms with Gasteiger partial charge in [0.25, 0.3) is 0 Å². The molecule has 0 bridgehead atoms. The van der Waals surface area contributed by atoms with Gasteiger partial charge < -0.3 is 4.74 Å². The Morgan fingerprint density at radius 1 is 0.857 bits per heavy atom. The third-order valence-corrected chi connectivity index (χ3v) is 7.19. The number of hydrogen-bond acceptors (Lipinski definition) is 1. The summed E-state index contributed by atoms with van der Waals surface area (Å²) < 4.78 is 56.4. The maximum absolute atomic E-state index is 14.1. The van der Waals surface area contributed by atoms with Crippen LogP contribution < -0.4 is 4.74 Å². The molecule has 158 valence electrons. The molecule has 0 N–H and O–H groups in total. The first-order chi connectivity index (χ1) is 13.5. The molecule has 0 spiro atoms. The van der Waals surface area contributed by atoms with Crippen molar-refractivity contribution >= 4 is 0 Å². The number of alkyl halides is 2. The fourth-order valence-electron chi connectivity index (χ4n) is 5.33. The van der Waals surface area contributed by atoms with Gasteiger partial charge in [0.15, 0.2) is 11.6 Å². The Labute approximate surface area is 165 Å². The third kappa shape index (κ3) is 5.42. The Hall–Kier alpha value is -1.26. The van der Waals surface area contributed by atoms with E-state index >= 15 is 0 Å². The standard InChI is InChI=1S/C23H32F4O/c1-2-15-3-8-17(9-4-15)18-10-5-16(6-11-18)7-12-19-13-14-20(28-23(26)27)22(25)21(19)24/h13-18,23H,2-12H2,1H3. The van der Waals surface area contributed by atoms with Gasteiger partial charge in [0.05, 0.1) is 0 Å². The first kappa shape index (κ1) is 21.4. The SMILES string of the molecule is CCC1CCC(C2CCC(CCc3ccc(OC(F)F)c(F)c3F)CC2)CC1. The minimum atomic E-state index is -3.16. The Kier molecular flexibility index (Phi) is 7.64. The molecule has 2 aliphatic rings. The van der Waals surface area contributed by atoms with Gasteiger partial charge in [-0.2, -0.15) is 13.2 Å². The molecule has 0 aliphatic heterocycles. The highest BCUT2D eigenvalue weighted by molar-refractivity contribution is 5.31. The topological polar surface area (TPSA) is 9.23 Å². The van der Waals surface area contributed by atoms with Crippen LogP contribution in [0.25, 0.3) is 0 Å². The monoisotopic (exact) mass is 400 g/mol. The molecule has 28 heavy (non-hydrogen) atoms. The average Bonchev–Trinajstić information content (AvgIpc) is 2.71. The molecule has 3 rings (SSSR count). The lowest BCUT2D eigenvalue weighted by atomic mass is 9.68. The molecule has 0 aromatic heterocycles. The fraction of sp³-hybridized carbons (Fsp3) is 0.739. The summed E-state index contributed by atoms with van der Waals surface area (Å²) in [5.41, 5.74) is 0.249. The summed E-state index contributed by atoms with van der Waals surface area (Å²) in [4.78, 5) is 0. The van der Waals surface area contributed by atoms with Gasteiger partial charge in [-0.05, 0) is 73.8 Å². The van der Waals surface area contributed by atoms with Gasteiger partial charge in [0.1, 0.15) is 0 Å². The maximum Gasteiger partial charge on any atom is 0.387 e. The van der Waals surface area contributed by atoms with Crippen molar-refractivity contribution in [1.29, 1.82) is 0 Å². The third-order valence-electron chi connectivity index (χ3n) is 7.19. The summed E-state index contributed by atoms with van der Waals surface area (Å²) >= 11 is 0. The zero-order chi connectivity index (χ0) is 20.1. The Morgan fingerprint density at radius 2 is 1.43 bits per heavy atom. The number of halogens is 4. The van der Waals surface area contributed by atoms with Crippen molar-refractivity contribution < 1.29 is 22.3 Å². The van der Waals surface area contributed by atoms with E-state index in [0.717, 1.165) is 43.1 Å². The number of ether oxygens (including phenoxy) is 1. The number of aryl methyl sites for hydroxylation is 1. The second-order valence-electron chi connectivity index (χ2n) is 8.74. The molecular weight excluding hydrogens is 368 g/mol.